The molecule has 0 unspecified atom stereocenters. The first kappa shape index (κ1) is 28.0. The van der Waals surface area contributed by atoms with E-state index in [0.29, 0.717) is 11.8 Å². The van der Waals surface area contributed by atoms with Crippen molar-refractivity contribution in [2.75, 3.05) is 40.3 Å². The molecule has 2 fully saturated rings. The van der Waals surface area contributed by atoms with Crippen molar-refractivity contribution in [2.24, 2.45) is 16.8 Å². The summed E-state index contributed by atoms with van der Waals surface area (Å²) < 4.78 is 0. The van der Waals surface area contributed by atoms with E-state index < -0.39 is 0 Å². The number of carbonyl (C=O) groups is 2. The van der Waals surface area contributed by atoms with E-state index in [-0.39, 0.29) is 48.4 Å². The summed E-state index contributed by atoms with van der Waals surface area (Å²) in [5.41, 5.74) is 0. The second-order valence-electron chi connectivity index (χ2n) is 9.10. The molecule has 180 valence electrons. The van der Waals surface area contributed by atoms with Crippen LogP contribution in [-0.4, -0.2) is 73.9 Å². The summed E-state index contributed by atoms with van der Waals surface area (Å²) in [6.45, 7) is 6.83. The molecule has 2 amide bonds. The number of carbonyl (C=O) groups excluding carboxylic acids is 2. The molecule has 0 bridgehead atoms. The third kappa shape index (κ3) is 9.53. The molecule has 2 rings (SSSR count). The molecular formula is C23H44IN5O2. The zero-order valence-corrected chi connectivity index (χ0v) is 22.3. The number of nitrogens with one attached hydrogen (secondary N) is 2. The van der Waals surface area contributed by atoms with Crippen molar-refractivity contribution in [2.45, 2.75) is 77.7 Å². The summed E-state index contributed by atoms with van der Waals surface area (Å²) in [6, 6.07) is 0.280. The van der Waals surface area contributed by atoms with Gasteiger partial charge in [0, 0.05) is 45.7 Å². The molecule has 0 aromatic rings. The molecule has 1 aliphatic heterocycles. The van der Waals surface area contributed by atoms with Gasteiger partial charge in [-0.2, -0.15) is 0 Å². The molecule has 0 aromatic heterocycles. The van der Waals surface area contributed by atoms with Gasteiger partial charge in [0.15, 0.2) is 5.96 Å². The van der Waals surface area contributed by atoms with Gasteiger partial charge in [-0.25, -0.2) is 4.99 Å². The SMILES string of the molecule is CCC(CC)C(=O)N1CCC(NC(=NCC(=O)N(C)C)NCC2CCCCC2)CC1.I. The predicted octanol–water partition coefficient (Wildman–Crippen LogP) is 3.24. The second kappa shape index (κ2) is 14.9. The van der Waals surface area contributed by atoms with Gasteiger partial charge < -0.3 is 20.4 Å². The van der Waals surface area contributed by atoms with Gasteiger partial charge in [0.25, 0.3) is 0 Å². The van der Waals surface area contributed by atoms with Crippen molar-refractivity contribution in [3.63, 3.8) is 0 Å². The third-order valence-electron chi connectivity index (χ3n) is 6.64. The summed E-state index contributed by atoms with van der Waals surface area (Å²) in [4.78, 5) is 32.8. The monoisotopic (exact) mass is 549 g/mol. The Labute approximate surface area is 206 Å². The van der Waals surface area contributed by atoms with Crippen LogP contribution in [0, 0.1) is 11.8 Å². The number of guanidine groups is 1. The highest BCUT2D eigenvalue weighted by Gasteiger charge is 2.27. The highest BCUT2D eigenvalue weighted by molar-refractivity contribution is 14.0. The van der Waals surface area contributed by atoms with E-state index in [0.717, 1.165) is 51.3 Å². The molecule has 0 spiro atoms. The maximum atomic E-state index is 12.6. The third-order valence-corrected chi connectivity index (χ3v) is 6.64. The zero-order valence-electron chi connectivity index (χ0n) is 20.0. The maximum absolute atomic E-state index is 12.6. The van der Waals surface area contributed by atoms with Crippen LogP contribution in [0.25, 0.3) is 0 Å². The van der Waals surface area contributed by atoms with Crippen LogP contribution >= 0.6 is 24.0 Å². The van der Waals surface area contributed by atoms with E-state index in [1.54, 1.807) is 19.0 Å². The smallest absolute Gasteiger partial charge is 0.243 e. The highest BCUT2D eigenvalue weighted by Crippen LogP contribution is 2.22. The number of aliphatic imine (C=N–C) groups is 1. The Hall–Kier alpha value is -1.06. The van der Waals surface area contributed by atoms with Crippen LogP contribution in [0.15, 0.2) is 4.99 Å². The molecule has 8 heteroatoms. The van der Waals surface area contributed by atoms with Crippen LogP contribution < -0.4 is 10.6 Å². The minimum Gasteiger partial charge on any atom is -0.356 e. The predicted molar refractivity (Wildman–Crippen MR) is 138 cm³/mol. The molecule has 7 nitrogen and oxygen atoms in total. The number of piperidine rings is 1. The molecule has 0 atom stereocenters. The van der Waals surface area contributed by atoms with Crippen LogP contribution in [0.3, 0.4) is 0 Å². The van der Waals surface area contributed by atoms with E-state index in [1.165, 1.54) is 32.1 Å². The first-order valence-corrected chi connectivity index (χ1v) is 12.0. The zero-order chi connectivity index (χ0) is 21.9. The van der Waals surface area contributed by atoms with Crippen LogP contribution in [0.2, 0.25) is 0 Å². The summed E-state index contributed by atoms with van der Waals surface area (Å²) >= 11 is 0. The molecule has 1 heterocycles. The molecule has 31 heavy (non-hydrogen) atoms. The van der Waals surface area contributed by atoms with Crippen molar-refractivity contribution in [1.82, 2.24) is 20.4 Å². The van der Waals surface area contributed by atoms with Gasteiger partial charge in [-0.1, -0.05) is 33.1 Å². The Bertz CT molecular complexity index is 566. The van der Waals surface area contributed by atoms with Gasteiger partial charge in [-0.15, -0.1) is 24.0 Å². The van der Waals surface area contributed by atoms with E-state index >= 15 is 0 Å². The summed E-state index contributed by atoms with van der Waals surface area (Å²) in [6.07, 6.45) is 10.2. The first-order chi connectivity index (χ1) is 14.4. The second-order valence-corrected chi connectivity index (χ2v) is 9.10. The average Bonchev–Trinajstić information content (AvgIpc) is 2.77. The van der Waals surface area contributed by atoms with E-state index in [9.17, 15) is 9.59 Å². The molecule has 0 aromatic carbocycles. The normalized spacial score (nSPS) is 18.5. The summed E-state index contributed by atoms with van der Waals surface area (Å²) in [7, 11) is 3.51. The van der Waals surface area contributed by atoms with Crippen molar-refractivity contribution >= 4 is 41.8 Å². The number of likely N-dealkylation sites (N-methyl/N-ethyl adjacent to an activating group) is 1. The number of amides is 2. The number of hydrogen-bond acceptors (Lipinski definition) is 3. The van der Waals surface area contributed by atoms with Crippen LogP contribution in [0.1, 0.15) is 71.6 Å². The standard InChI is InChI=1S/C23H43N5O2.HI/c1-5-19(6-2)22(30)28-14-12-20(13-15-28)26-23(25-17-21(29)27(3)4)24-16-18-10-8-7-9-11-18;/h18-20H,5-17H2,1-4H3,(H2,24,25,26);1H. The van der Waals surface area contributed by atoms with E-state index in [2.05, 4.69) is 29.5 Å². The lowest BCUT2D eigenvalue weighted by molar-refractivity contribution is -0.136. The van der Waals surface area contributed by atoms with Gasteiger partial charge in [0.1, 0.15) is 6.54 Å². The van der Waals surface area contributed by atoms with Gasteiger partial charge in [-0.05, 0) is 44.4 Å². The highest BCUT2D eigenvalue weighted by atomic mass is 127. The van der Waals surface area contributed by atoms with Crippen LogP contribution in [0.4, 0.5) is 0 Å². The Morgan fingerprint density at radius 3 is 2.19 bits per heavy atom. The fourth-order valence-corrected chi connectivity index (χ4v) is 4.41. The van der Waals surface area contributed by atoms with Gasteiger partial charge in [0.05, 0.1) is 0 Å². The molecule has 1 saturated carbocycles. The molecule has 1 saturated heterocycles. The number of hydrogen-bond donors (Lipinski definition) is 2. The van der Waals surface area contributed by atoms with Crippen LogP contribution in [0.5, 0.6) is 0 Å². The van der Waals surface area contributed by atoms with Gasteiger partial charge in [0.2, 0.25) is 11.8 Å². The van der Waals surface area contributed by atoms with E-state index in [4.69, 9.17) is 0 Å². The number of halogens is 1. The lowest BCUT2D eigenvalue weighted by Gasteiger charge is -2.35. The molecule has 1 aliphatic carbocycles. The molecule has 0 radical (unpaired) electrons. The van der Waals surface area contributed by atoms with Crippen molar-refractivity contribution in [1.29, 1.82) is 0 Å². The first-order valence-electron chi connectivity index (χ1n) is 12.0. The fraction of sp³-hybridized carbons (Fsp3) is 0.870. The molecule has 2 aliphatic rings. The Kier molecular flexibility index (Phi) is 13.4. The molecular weight excluding hydrogens is 505 g/mol. The Morgan fingerprint density at radius 1 is 1.03 bits per heavy atom. The minimum absolute atomic E-state index is 0. The summed E-state index contributed by atoms with van der Waals surface area (Å²) in [5.74, 6) is 1.88. The van der Waals surface area contributed by atoms with Crippen LogP contribution in [-0.2, 0) is 9.59 Å². The lowest BCUT2D eigenvalue weighted by atomic mass is 9.89. The number of likely N-dealkylation sites (tertiary alicyclic amines) is 1. The minimum atomic E-state index is -0.000597. The average molecular weight is 550 g/mol. The van der Waals surface area contributed by atoms with Crippen molar-refractivity contribution < 1.29 is 9.59 Å². The Morgan fingerprint density at radius 2 is 1.65 bits per heavy atom. The van der Waals surface area contributed by atoms with Gasteiger partial charge >= 0.3 is 0 Å². The largest absolute Gasteiger partial charge is 0.356 e. The Balaban J connectivity index is 0.00000480. The van der Waals surface area contributed by atoms with Crippen molar-refractivity contribution in [3.8, 4) is 0 Å². The topological polar surface area (TPSA) is 77.0 Å². The van der Waals surface area contributed by atoms with E-state index in [1.807, 2.05) is 4.90 Å². The fourth-order valence-electron chi connectivity index (χ4n) is 4.41. The summed E-state index contributed by atoms with van der Waals surface area (Å²) in [5, 5.41) is 7.03. The molecule has 2 N–H and O–H groups in total. The number of rotatable bonds is 8. The van der Waals surface area contributed by atoms with Gasteiger partial charge in [-0.3, -0.25) is 9.59 Å². The maximum Gasteiger partial charge on any atom is 0.243 e. The quantitative estimate of drug-likeness (QED) is 0.277. The lowest BCUT2D eigenvalue weighted by Crippen LogP contribution is -2.51. The van der Waals surface area contributed by atoms with Crippen molar-refractivity contribution in [3.05, 3.63) is 0 Å². The number of nitrogens with zero attached hydrogens (tertiary/aromatic N) is 3.